The molecule has 0 saturated heterocycles. The minimum absolute atomic E-state index is 0.206. The van der Waals surface area contributed by atoms with Gasteiger partial charge in [0.15, 0.2) is 11.5 Å². The second-order valence-electron chi connectivity index (χ2n) is 7.14. The molecule has 1 unspecified atom stereocenters. The van der Waals surface area contributed by atoms with Crippen LogP contribution in [0, 0.1) is 0 Å². The number of benzene rings is 2. The number of fused-ring (bicyclic) bond motifs is 1. The van der Waals surface area contributed by atoms with E-state index in [9.17, 15) is 0 Å². The fourth-order valence-electron chi connectivity index (χ4n) is 4.17. The maximum atomic E-state index is 5.67. The molecule has 0 aromatic heterocycles. The average molecular weight is 365 g/mol. The summed E-state index contributed by atoms with van der Waals surface area (Å²) in [6.45, 7) is 3.54. The number of methoxy groups -OCH3 is 2. The third kappa shape index (κ3) is 3.73. The van der Waals surface area contributed by atoms with E-state index < -0.39 is 0 Å². The van der Waals surface area contributed by atoms with Crippen LogP contribution in [0.4, 0.5) is 0 Å². The quantitative estimate of drug-likeness (QED) is 0.750. The largest absolute Gasteiger partial charge is 0.493 e. The van der Waals surface area contributed by atoms with E-state index in [-0.39, 0.29) is 6.04 Å². The van der Waals surface area contributed by atoms with Gasteiger partial charge in [0.2, 0.25) is 0 Å². The van der Waals surface area contributed by atoms with Gasteiger partial charge >= 0.3 is 0 Å². The second-order valence-corrected chi connectivity index (χ2v) is 7.14. The molecule has 0 bridgehead atoms. The Hall–Kier alpha value is -2.30. The van der Waals surface area contributed by atoms with Gasteiger partial charge in [0.05, 0.1) is 33.5 Å². The van der Waals surface area contributed by atoms with Crippen LogP contribution in [0.5, 0.6) is 11.5 Å². The first-order valence-corrected chi connectivity index (χ1v) is 9.59. The fourth-order valence-corrected chi connectivity index (χ4v) is 4.17. The first-order valence-electron chi connectivity index (χ1n) is 9.59. The van der Waals surface area contributed by atoms with E-state index in [0.717, 1.165) is 50.6 Å². The van der Waals surface area contributed by atoms with E-state index in [1.807, 2.05) is 0 Å². The Morgan fingerprint density at radius 2 is 1.85 bits per heavy atom. The maximum Gasteiger partial charge on any atom is 0.161 e. The molecule has 0 aliphatic carbocycles. The molecule has 2 aromatic rings. The van der Waals surface area contributed by atoms with Crippen molar-refractivity contribution in [2.75, 3.05) is 40.5 Å². The van der Waals surface area contributed by atoms with Gasteiger partial charge in [0.1, 0.15) is 0 Å². The van der Waals surface area contributed by atoms with Crippen LogP contribution >= 0.6 is 0 Å². The van der Waals surface area contributed by atoms with Gasteiger partial charge in [-0.05, 0) is 47.2 Å². The molecule has 0 radical (unpaired) electrons. The van der Waals surface area contributed by atoms with E-state index in [0.29, 0.717) is 0 Å². The van der Waals surface area contributed by atoms with Crippen LogP contribution in [0.15, 0.2) is 54.1 Å². The van der Waals surface area contributed by atoms with Gasteiger partial charge in [0.25, 0.3) is 0 Å². The zero-order chi connectivity index (χ0) is 18.6. The summed E-state index contributed by atoms with van der Waals surface area (Å²) in [6.07, 6.45) is 4.36. The molecule has 0 spiro atoms. The van der Waals surface area contributed by atoms with Crippen molar-refractivity contribution in [1.82, 2.24) is 4.90 Å². The summed E-state index contributed by atoms with van der Waals surface area (Å²) in [7, 11) is 3.40. The molecule has 2 heterocycles. The Labute approximate surface area is 161 Å². The Morgan fingerprint density at radius 1 is 1.07 bits per heavy atom. The van der Waals surface area contributed by atoms with Crippen LogP contribution < -0.4 is 9.47 Å². The molecular weight excluding hydrogens is 338 g/mol. The summed E-state index contributed by atoms with van der Waals surface area (Å²) < 4.78 is 16.8. The summed E-state index contributed by atoms with van der Waals surface area (Å²) >= 11 is 0. The first kappa shape index (κ1) is 18.1. The van der Waals surface area contributed by atoms with E-state index >= 15 is 0 Å². The van der Waals surface area contributed by atoms with Crippen LogP contribution in [0.3, 0.4) is 0 Å². The highest BCUT2D eigenvalue weighted by atomic mass is 16.5. The van der Waals surface area contributed by atoms with Gasteiger partial charge in [-0.25, -0.2) is 0 Å². The predicted molar refractivity (Wildman–Crippen MR) is 107 cm³/mol. The zero-order valence-electron chi connectivity index (χ0n) is 16.1. The number of nitrogens with zero attached hydrogens (tertiary/aromatic N) is 1. The molecule has 2 aliphatic heterocycles. The van der Waals surface area contributed by atoms with E-state index in [2.05, 4.69) is 53.4 Å². The fraction of sp³-hybridized carbons (Fsp3) is 0.391. The van der Waals surface area contributed by atoms with Crippen molar-refractivity contribution in [3.8, 4) is 11.5 Å². The Bertz CT molecular complexity index is 816. The molecule has 1 atom stereocenters. The molecule has 4 heteroatoms. The highest BCUT2D eigenvalue weighted by Crippen LogP contribution is 2.41. The van der Waals surface area contributed by atoms with E-state index in [1.165, 1.54) is 22.3 Å². The summed E-state index contributed by atoms with van der Waals surface area (Å²) in [5, 5.41) is 0. The number of ether oxygens (including phenoxy) is 3. The van der Waals surface area contributed by atoms with Crippen molar-refractivity contribution in [2.24, 2.45) is 0 Å². The standard InChI is InChI=1S/C23H27NO3/c1-25-21-13-19-10-11-24(15-17-7-6-12-27-16-17)23(18-8-4-3-5-9-18)20(19)14-22(21)26-2/h3-5,7-9,13-14,23H,6,10-12,15-16H2,1-2H3. The summed E-state index contributed by atoms with van der Waals surface area (Å²) in [4.78, 5) is 2.56. The lowest BCUT2D eigenvalue weighted by molar-refractivity contribution is 0.136. The molecule has 2 aromatic carbocycles. The summed E-state index contributed by atoms with van der Waals surface area (Å²) in [5.41, 5.74) is 5.34. The van der Waals surface area contributed by atoms with Crippen molar-refractivity contribution in [3.63, 3.8) is 0 Å². The van der Waals surface area contributed by atoms with E-state index in [1.54, 1.807) is 14.2 Å². The molecular formula is C23H27NO3. The Kier molecular flexibility index (Phi) is 5.46. The van der Waals surface area contributed by atoms with Gasteiger partial charge in [-0.3, -0.25) is 4.90 Å². The van der Waals surface area contributed by atoms with E-state index in [4.69, 9.17) is 14.2 Å². The third-order valence-corrected chi connectivity index (χ3v) is 5.48. The first-order chi connectivity index (χ1) is 13.3. The van der Waals surface area contributed by atoms with Crippen LogP contribution in [0.1, 0.15) is 29.2 Å². The number of rotatable bonds is 5. The van der Waals surface area contributed by atoms with Gasteiger partial charge in [-0.1, -0.05) is 36.4 Å². The molecule has 0 saturated carbocycles. The predicted octanol–water partition coefficient (Wildman–Crippen LogP) is 4.00. The highest BCUT2D eigenvalue weighted by Gasteiger charge is 2.30. The van der Waals surface area contributed by atoms with Crippen LogP contribution in [-0.4, -0.2) is 45.4 Å². The van der Waals surface area contributed by atoms with Crippen LogP contribution in [-0.2, 0) is 11.2 Å². The molecule has 4 nitrogen and oxygen atoms in total. The zero-order valence-corrected chi connectivity index (χ0v) is 16.1. The average Bonchev–Trinajstić information content (AvgIpc) is 2.74. The van der Waals surface area contributed by atoms with Gasteiger partial charge in [-0.15, -0.1) is 0 Å². The molecule has 142 valence electrons. The molecule has 2 aliphatic rings. The Morgan fingerprint density at radius 3 is 2.56 bits per heavy atom. The minimum atomic E-state index is 0.206. The van der Waals surface area contributed by atoms with Gasteiger partial charge in [0, 0.05) is 13.1 Å². The lowest BCUT2D eigenvalue weighted by atomic mass is 9.87. The van der Waals surface area contributed by atoms with Crippen molar-refractivity contribution >= 4 is 0 Å². The maximum absolute atomic E-state index is 5.67. The second kappa shape index (κ2) is 8.15. The molecule has 0 amide bonds. The monoisotopic (exact) mass is 365 g/mol. The third-order valence-electron chi connectivity index (χ3n) is 5.48. The smallest absolute Gasteiger partial charge is 0.161 e. The van der Waals surface area contributed by atoms with Crippen molar-refractivity contribution in [2.45, 2.75) is 18.9 Å². The van der Waals surface area contributed by atoms with Crippen LogP contribution in [0.2, 0.25) is 0 Å². The highest BCUT2D eigenvalue weighted by molar-refractivity contribution is 5.51. The SMILES string of the molecule is COc1cc2c(cc1OC)C(c1ccccc1)N(CC1=CCCOC1)CC2. The van der Waals surface area contributed by atoms with Crippen molar-refractivity contribution < 1.29 is 14.2 Å². The minimum Gasteiger partial charge on any atom is -0.493 e. The summed E-state index contributed by atoms with van der Waals surface area (Å²) in [6, 6.07) is 15.2. The summed E-state index contributed by atoms with van der Waals surface area (Å²) in [5.74, 6) is 1.60. The molecule has 4 rings (SSSR count). The number of hydrogen-bond acceptors (Lipinski definition) is 4. The normalized spacial score (nSPS) is 19.9. The topological polar surface area (TPSA) is 30.9 Å². The lowest BCUT2D eigenvalue weighted by Crippen LogP contribution is -2.38. The molecule has 27 heavy (non-hydrogen) atoms. The molecule has 0 fully saturated rings. The Balaban J connectivity index is 1.75. The van der Waals surface area contributed by atoms with Gasteiger partial charge < -0.3 is 14.2 Å². The number of hydrogen-bond donors (Lipinski definition) is 0. The molecule has 0 N–H and O–H groups in total. The van der Waals surface area contributed by atoms with Gasteiger partial charge in [-0.2, -0.15) is 0 Å². The van der Waals surface area contributed by atoms with Crippen molar-refractivity contribution in [1.29, 1.82) is 0 Å². The van der Waals surface area contributed by atoms with Crippen LogP contribution in [0.25, 0.3) is 0 Å². The van der Waals surface area contributed by atoms with Crippen molar-refractivity contribution in [3.05, 3.63) is 70.8 Å². The lowest BCUT2D eigenvalue weighted by Gasteiger charge is -2.39.